The molecule has 0 saturated heterocycles. The molecule has 2 amide bonds. The van der Waals surface area contributed by atoms with Gasteiger partial charge in [0.05, 0.1) is 12.7 Å². The number of amides is 2. The second kappa shape index (κ2) is 10.8. The van der Waals surface area contributed by atoms with Crippen LogP contribution in [0.3, 0.4) is 0 Å². The van der Waals surface area contributed by atoms with E-state index in [2.05, 4.69) is 10.6 Å². The van der Waals surface area contributed by atoms with Gasteiger partial charge in [0.25, 0.3) is 11.8 Å². The van der Waals surface area contributed by atoms with Crippen molar-refractivity contribution in [2.24, 2.45) is 5.92 Å². The highest BCUT2D eigenvalue weighted by Crippen LogP contribution is 2.20. The van der Waals surface area contributed by atoms with Gasteiger partial charge in [-0.3, -0.25) is 9.59 Å². The number of ether oxygens (including phenoxy) is 2. The fourth-order valence-corrected chi connectivity index (χ4v) is 2.65. The standard InChI is InChI=1S/C22H26N2O5/c1-4-15(2)20(22(27)28-3)24-19(25)14-29-18-13-9-8-12-17(18)21(26)23-16-10-6-5-7-11-16/h5-13,15,20H,4,14H2,1-3H3,(H,23,26)(H,24,25)/t15-,20+/m0/s1. The molecule has 154 valence electrons. The van der Waals surface area contributed by atoms with Crippen LogP contribution in [0.2, 0.25) is 0 Å². The van der Waals surface area contributed by atoms with E-state index >= 15 is 0 Å². The summed E-state index contributed by atoms with van der Waals surface area (Å²) in [6, 6.07) is 14.9. The molecule has 0 radical (unpaired) electrons. The molecule has 0 unspecified atom stereocenters. The second-order valence-corrected chi connectivity index (χ2v) is 6.56. The number of rotatable bonds is 9. The van der Waals surface area contributed by atoms with E-state index in [1.807, 2.05) is 32.0 Å². The van der Waals surface area contributed by atoms with Gasteiger partial charge in [0.2, 0.25) is 0 Å². The molecule has 0 spiro atoms. The average molecular weight is 398 g/mol. The van der Waals surface area contributed by atoms with Crippen LogP contribution in [0.15, 0.2) is 54.6 Å². The van der Waals surface area contributed by atoms with E-state index in [1.165, 1.54) is 7.11 Å². The van der Waals surface area contributed by atoms with Crippen molar-refractivity contribution in [3.8, 4) is 5.75 Å². The molecule has 0 aromatic heterocycles. The van der Waals surface area contributed by atoms with Crippen LogP contribution in [0.1, 0.15) is 30.6 Å². The van der Waals surface area contributed by atoms with Crippen LogP contribution < -0.4 is 15.4 Å². The number of carbonyl (C=O) groups is 3. The number of nitrogens with one attached hydrogen (secondary N) is 2. The van der Waals surface area contributed by atoms with Crippen molar-refractivity contribution in [1.82, 2.24) is 5.32 Å². The summed E-state index contributed by atoms with van der Waals surface area (Å²) in [5.41, 5.74) is 0.954. The molecule has 7 heteroatoms. The number of hydrogen-bond donors (Lipinski definition) is 2. The molecule has 29 heavy (non-hydrogen) atoms. The Morgan fingerprint density at radius 1 is 1.00 bits per heavy atom. The Morgan fingerprint density at radius 2 is 1.66 bits per heavy atom. The smallest absolute Gasteiger partial charge is 0.328 e. The average Bonchev–Trinajstić information content (AvgIpc) is 2.75. The summed E-state index contributed by atoms with van der Waals surface area (Å²) in [7, 11) is 1.28. The lowest BCUT2D eigenvalue weighted by atomic mass is 9.99. The van der Waals surface area contributed by atoms with E-state index in [0.717, 1.165) is 0 Å². The van der Waals surface area contributed by atoms with Gasteiger partial charge in [-0.15, -0.1) is 0 Å². The predicted molar refractivity (Wildman–Crippen MR) is 110 cm³/mol. The van der Waals surface area contributed by atoms with E-state index in [-0.39, 0.29) is 24.2 Å². The molecule has 0 aliphatic heterocycles. The third-order valence-corrected chi connectivity index (χ3v) is 4.51. The number of anilines is 1. The van der Waals surface area contributed by atoms with Gasteiger partial charge in [-0.1, -0.05) is 50.6 Å². The van der Waals surface area contributed by atoms with Gasteiger partial charge in [0.15, 0.2) is 6.61 Å². The SMILES string of the molecule is CC[C@H](C)[C@@H](NC(=O)COc1ccccc1C(=O)Nc1ccccc1)C(=O)OC. The maximum atomic E-state index is 12.6. The van der Waals surface area contributed by atoms with E-state index in [9.17, 15) is 14.4 Å². The van der Waals surface area contributed by atoms with Crippen molar-refractivity contribution in [2.45, 2.75) is 26.3 Å². The van der Waals surface area contributed by atoms with Crippen molar-refractivity contribution in [3.05, 3.63) is 60.2 Å². The van der Waals surface area contributed by atoms with Gasteiger partial charge >= 0.3 is 5.97 Å². The van der Waals surface area contributed by atoms with Crippen molar-refractivity contribution in [3.63, 3.8) is 0 Å². The van der Waals surface area contributed by atoms with Gasteiger partial charge in [0, 0.05) is 5.69 Å². The van der Waals surface area contributed by atoms with Crippen LogP contribution in [0, 0.1) is 5.92 Å². The Labute approximate surface area is 170 Å². The molecule has 0 fully saturated rings. The molecule has 2 aromatic rings. The predicted octanol–water partition coefficient (Wildman–Crippen LogP) is 3.02. The first kappa shape index (κ1) is 21.9. The lowest BCUT2D eigenvalue weighted by molar-refractivity contribution is -0.146. The topological polar surface area (TPSA) is 93.7 Å². The molecule has 0 saturated carbocycles. The third-order valence-electron chi connectivity index (χ3n) is 4.51. The van der Waals surface area contributed by atoms with Gasteiger partial charge < -0.3 is 20.1 Å². The van der Waals surface area contributed by atoms with Gasteiger partial charge in [0.1, 0.15) is 11.8 Å². The number of esters is 1. The lowest BCUT2D eigenvalue weighted by Gasteiger charge is -2.22. The quantitative estimate of drug-likeness (QED) is 0.634. The van der Waals surface area contributed by atoms with Gasteiger partial charge in [-0.2, -0.15) is 0 Å². The van der Waals surface area contributed by atoms with Crippen LogP contribution in [0.25, 0.3) is 0 Å². The third kappa shape index (κ3) is 6.34. The molecule has 2 aromatic carbocycles. The minimum absolute atomic E-state index is 0.0877. The fraction of sp³-hybridized carbons (Fsp3) is 0.318. The van der Waals surface area contributed by atoms with Gasteiger partial charge in [-0.05, 0) is 30.2 Å². The Morgan fingerprint density at radius 3 is 2.31 bits per heavy atom. The molecule has 2 rings (SSSR count). The first-order chi connectivity index (χ1) is 14.0. The largest absolute Gasteiger partial charge is 0.483 e. The Balaban J connectivity index is 2.02. The number of methoxy groups -OCH3 is 1. The number of para-hydroxylation sites is 2. The van der Waals surface area contributed by atoms with Crippen molar-refractivity contribution in [2.75, 3.05) is 19.0 Å². The maximum Gasteiger partial charge on any atom is 0.328 e. The van der Waals surface area contributed by atoms with Crippen LogP contribution in [0.5, 0.6) is 5.75 Å². The fourth-order valence-electron chi connectivity index (χ4n) is 2.65. The minimum atomic E-state index is -0.752. The molecular formula is C22H26N2O5. The van der Waals surface area contributed by atoms with E-state index in [4.69, 9.17) is 9.47 Å². The molecule has 0 aliphatic carbocycles. The summed E-state index contributed by atoms with van der Waals surface area (Å²) < 4.78 is 10.3. The maximum absolute atomic E-state index is 12.6. The molecule has 0 aliphatic rings. The van der Waals surface area contributed by atoms with Crippen molar-refractivity contribution >= 4 is 23.5 Å². The lowest BCUT2D eigenvalue weighted by Crippen LogP contribution is -2.47. The minimum Gasteiger partial charge on any atom is -0.483 e. The summed E-state index contributed by atoms with van der Waals surface area (Å²) in [6.07, 6.45) is 0.698. The highest BCUT2D eigenvalue weighted by molar-refractivity contribution is 6.06. The zero-order valence-corrected chi connectivity index (χ0v) is 16.8. The Kier molecular flexibility index (Phi) is 8.21. The van der Waals surface area contributed by atoms with E-state index in [1.54, 1.807) is 36.4 Å². The van der Waals surface area contributed by atoms with Crippen LogP contribution in [0.4, 0.5) is 5.69 Å². The number of hydrogen-bond acceptors (Lipinski definition) is 5. The summed E-state index contributed by atoms with van der Waals surface area (Å²) in [5.74, 6) is -1.14. The first-order valence-electron chi connectivity index (χ1n) is 9.41. The number of carbonyl (C=O) groups excluding carboxylic acids is 3. The van der Waals surface area contributed by atoms with E-state index in [0.29, 0.717) is 17.7 Å². The summed E-state index contributed by atoms with van der Waals surface area (Å²) >= 11 is 0. The zero-order chi connectivity index (χ0) is 21.2. The van der Waals surface area contributed by atoms with Crippen LogP contribution in [-0.4, -0.2) is 37.5 Å². The molecule has 2 atom stereocenters. The molecule has 0 heterocycles. The Hall–Kier alpha value is -3.35. The second-order valence-electron chi connectivity index (χ2n) is 6.56. The normalized spacial score (nSPS) is 12.4. The van der Waals surface area contributed by atoms with Crippen molar-refractivity contribution in [1.29, 1.82) is 0 Å². The van der Waals surface area contributed by atoms with Crippen molar-refractivity contribution < 1.29 is 23.9 Å². The van der Waals surface area contributed by atoms with E-state index < -0.39 is 17.9 Å². The molecule has 2 N–H and O–H groups in total. The highest BCUT2D eigenvalue weighted by Gasteiger charge is 2.26. The first-order valence-corrected chi connectivity index (χ1v) is 9.41. The molecular weight excluding hydrogens is 372 g/mol. The monoisotopic (exact) mass is 398 g/mol. The molecule has 7 nitrogen and oxygen atoms in total. The highest BCUT2D eigenvalue weighted by atomic mass is 16.5. The van der Waals surface area contributed by atoms with Gasteiger partial charge in [-0.25, -0.2) is 4.79 Å². The summed E-state index contributed by atoms with van der Waals surface area (Å²) in [6.45, 7) is 3.44. The molecule has 0 bridgehead atoms. The number of benzene rings is 2. The summed E-state index contributed by atoms with van der Waals surface area (Å²) in [5, 5.41) is 5.42. The van der Waals surface area contributed by atoms with Crippen LogP contribution in [-0.2, 0) is 14.3 Å². The Bertz CT molecular complexity index is 838. The van der Waals surface area contributed by atoms with Crippen LogP contribution >= 0.6 is 0 Å². The summed E-state index contributed by atoms with van der Waals surface area (Å²) in [4.78, 5) is 36.8. The zero-order valence-electron chi connectivity index (χ0n) is 16.8.